The molecule has 0 amide bonds. The fraction of sp³-hybridized carbons (Fsp3) is 0.792. The summed E-state index contributed by atoms with van der Waals surface area (Å²) >= 11 is 0. The summed E-state index contributed by atoms with van der Waals surface area (Å²) in [4.78, 5) is 37.8. The summed E-state index contributed by atoms with van der Waals surface area (Å²) in [6.45, 7) is 6.53. The van der Waals surface area contributed by atoms with Gasteiger partial charge in [-0.05, 0) is 83.5 Å². The van der Waals surface area contributed by atoms with Crippen molar-refractivity contribution in [3.05, 3.63) is 48.6 Å². The second kappa shape index (κ2) is 48.0. The van der Waals surface area contributed by atoms with Crippen molar-refractivity contribution < 1.29 is 28.6 Å². The maximum Gasteiger partial charge on any atom is 0.306 e. The van der Waals surface area contributed by atoms with E-state index < -0.39 is 6.10 Å². The van der Waals surface area contributed by atoms with Gasteiger partial charge in [0.05, 0.1) is 0 Å². The molecule has 0 N–H and O–H groups in total. The molecule has 0 aromatic heterocycles. The maximum atomic E-state index is 12.7. The molecule has 0 saturated carbocycles. The van der Waals surface area contributed by atoms with Gasteiger partial charge in [-0.3, -0.25) is 14.4 Å². The predicted octanol–water partition coefficient (Wildman–Crippen LogP) is 16.3. The zero-order valence-corrected chi connectivity index (χ0v) is 39.0. The molecule has 0 aliphatic carbocycles. The SMILES string of the molecule is CCCCC/C=C\C/C=C\CCCCCCCCCCCC(=O)OCC(COC(=O)CCCCCCCCC)OC(=O)CCCCCCC/C=C\C/C=C\CCCCC. The van der Waals surface area contributed by atoms with Gasteiger partial charge in [-0.15, -0.1) is 0 Å². The summed E-state index contributed by atoms with van der Waals surface area (Å²) in [6, 6.07) is 0. The Labute approximate surface area is 365 Å². The number of esters is 3. The zero-order chi connectivity index (χ0) is 43.0. The van der Waals surface area contributed by atoms with Gasteiger partial charge in [0.1, 0.15) is 13.2 Å². The number of ether oxygens (including phenoxy) is 3. The summed E-state index contributed by atoms with van der Waals surface area (Å²) in [5, 5.41) is 0. The van der Waals surface area contributed by atoms with Gasteiger partial charge in [0.15, 0.2) is 6.10 Å². The highest BCUT2D eigenvalue weighted by molar-refractivity contribution is 5.71. The van der Waals surface area contributed by atoms with Crippen LogP contribution in [-0.2, 0) is 28.6 Å². The molecule has 59 heavy (non-hydrogen) atoms. The van der Waals surface area contributed by atoms with E-state index in [2.05, 4.69) is 69.4 Å². The van der Waals surface area contributed by atoms with E-state index in [1.165, 1.54) is 122 Å². The van der Waals surface area contributed by atoms with Gasteiger partial charge in [-0.1, -0.05) is 198 Å². The minimum Gasteiger partial charge on any atom is -0.462 e. The predicted molar refractivity (Wildman–Crippen MR) is 252 cm³/mol. The highest BCUT2D eigenvalue weighted by atomic mass is 16.6. The van der Waals surface area contributed by atoms with Gasteiger partial charge in [0.2, 0.25) is 0 Å². The van der Waals surface area contributed by atoms with Gasteiger partial charge in [-0.2, -0.15) is 0 Å². The Morgan fingerprint density at radius 1 is 0.339 bits per heavy atom. The molecule has 342 valence electrons. The lowest BCUT2D eigenvalue weighted by Crippen LogP contribution is -2.30. The Bertz CT molecular complexity index is 1040. The molecule has 0 aliphatic rings. The van der Waals surface area contributed by atoms with Crippen molar-refractivity contribution in [2.75, 3.05) is 13.2 Å². The third-order valence-electron chi connectivity index (χ3n) is 10.8. The van der Waals surface area contributed by atoms with Crippen molar-refractivity contribution in [1.82, 2.24) is 0 Å². The maximum absolute atomic E-state index is 12.7. The molecule has 0 radical (unpaired) electrons. The smallest absolute Gasteiger partial charge is 0.306 e. The number of hydrogen-bond acceptors (Lipinski definition) is 6. The Kier molecular flexibility index (Phi) is 45.9. The van der Waals surface area contributed by atoms with Gasteiger partial charge in [0, 0.05) is 19.3 Å². The molecular formula is C53H94O6. The van der Waals surface area contributed by atoms with E-state index in [0.29, 0.717) is 19.3 Å². The number of carbonyl (C=O) groups excluding carboxylic acids is 3. The average Bonchev–Trinajstić information content (AvgIpc) is 3.23. The molecule has 0 bridgehead atoms. The Balaban J connectivity index is 4.27. The van der Waals surface area contributed by atoms with Crippen LogP contribution < -0.4 is 0 Å². The molecule has 0 fully saturated rings. The molecule has 0 rings (SSSR count). The zero-order valence-electron chi connectivity index (χ0n) is 39.0. The molecule has 0 aliphatic heterocycles. The summed E-state index contributed by atoms with van der Waals surface area (Å²) < 4.78 is 16.7. The number of rotatable bonds is 45. The first-order valence-corrected chi connectivity index (χ1v) is 25.1. The summed E-state index contributed by atoms with van der Waals surface area (Å²) in [6.07, 6.45) is 56.7. The van der Waals surface area contributed by atoms with Crippen LogP contribution in [0.15, 0.2) is 48.6 Å². The van der Waals surface area contributed by atoms with Crippen molar-refractivity contribution in [3.63, 3.8) is 0 Å². The standard InChI is InChI=1S/C53H94O6/c1-4-7-10-13-16-18-20-22-24-25-26-27-29-30-32-34-37-40-43-46-52(55)58-49-50(48-57-51(54)45-42-39-36-15-12-9-6-3)59-53(56)47-44-41-38-35-33-31-28-23-21-19-17-14-11-8-5-2/h16-19,22-24,28,50H,4-15,20-21,25-27,29-49H2,1-3H3/b18-16-,19-17-,24-22-,28-23-. The van der Waals surface area contributed by atoms with Crippen molar-refractivity contribution in [2.24, 2.45) is 0 Å². The Hall–Kier alpha value is -2.63. The normalized spacial score (nSPS) is 12.4. The van der Waals surface area contributed by atoms with E-state index in [4.69, 9.17) is 14.2 Å². The fourth-order valence-corrected chi connectivity index (χ4v) is 6.97. The molecule has 0 heterocycles. The van der Waals surface area contributed by atoms with Crippen molar-refractivity contribution in [3.8, 4) is 0 Å². The number of hydrogen-bond donors (Lipinski definition) is 0. The van der Waals surface area contributed by atoms with Crippen LogP contribution in [0, 0.1) is 0 Å². The van der Waals surface area contributed by atoms with E-state index in [0.717, 1.165) is 89.9 Å². The summed E-state index contributed by atoms with van der Waals surface area (Å²) in [7, 11) is 0. The lowest BCUT2D eigenvalue weighted by atomic mass is 10.1. The van der Waals surface area contributed by atoms with Crippen LogP contribution in [-0.4, -0.2) is 37.2 Å². The first-order chi connectivity index (χ1) is 29.0. The second-order valence-corrected chi connectivity index (χ2v) is 16.7. The minimum atomic E-state index is -0.777. The van der Waals surface area contributed by atoms with Crippen molar-refractivity contribution in [1.29, 1.82) is 0 Å². The van der Waals surface area contributed by atoms with E-state index in [1.54, 1.807) is 0 Å². The van der Waals surface area contributed by atoms with E-state index in [-0.39, 0.29) is 31.1 Å². The molecule has 1 unspecified atom stereocenters. The second-order valence-electron chi connectivity index (χ2n) is 16.7. The first kappa shape index (κ1) is 56.4. The van der Waals surface area contributed by atoms with Crippen LogP contribution in [0.4, 0.5) is 0 Å². The molecule has 0 spiro atoms. The molecule has 0 saturated heterocycles. The summed E-state index contributed by atoms with van der Waals surface area (Å²) in [5.74, 6) is -0.900. The van der Waals surface area contributed by atoms with Crippen LogP contribution in [0.5, 0.6) is 0 Å². The van der Waals surface area contributed by atoms with Crippen LogP contribution in [0.2, 0.25) is 0 Å². The average molecular weight is 827 g/mol. The minimum absolute atomic E-state index is 0.0793. The van der Waals surface area contributed by atoms with Gasteiger partial charge in [-0.25, -0.2) is 0 Å². The molecule has 0 aromatic rings. The van der Waals surface area contributed by atoms with Gasteiger partial charge in [0.25, 0.3) is 0 Å². The lowest BCUT2D eigenvalue weighted by Gasteiger charge is -2.18. The molecular weight excluding hydrogens is 733 g/mol. The number of carbonyl (C=O) groups is 3. The molecule has 6 nitrogen and oxygen atoms in total. The number of allylic oxidation sites excluding steroid dienone is 8. The van der Waals surface area contributed by atoms with Gasteiger partial charge < -0.3 is 14.2 Å². The fourth-order valence-electron chi connectivity index (χ4n) is 6.97. The highest BCUT2D eigenvalue weighted by Crippen LogP contribution is 2.14. The van der Waals surface area contributed by atoms with E-state index in [1.807, 2.05) is 0 Å². The third kappa shape index (κ3) is 46.3. The van der Waals surface area contributed by atoms with Crippen molar-refractivity contribution >= 4 is 17.9 Å². The Morgan fingerprint density at radius 3 is 0.966 bits per heavy atom. The number of unbranched alkanes of at least 4 members (excludes halogenated alkanes) is 26. The summed E-state index contributed by atoms with van der Waals surface area (Å²) in [5.41, 5.74) is 0. The van der Waals surface area contributed by atoms with Crippen LogP contribution in [0.3, 0.4) is 0 Å². The van der Waals surface area contributed by atoms with Crippen LogP contribution in [0.1, 0.15) is 252 Å². The molecule has 0 aromatic carbocycles. The van der Waals surface area contributed by atoms with E-state index >= 15 is 0 Å². The third-order valence-corrected chi connectivity index (χ3v) is 10.8. The molecule has 6 heteroatoms. The first-order valence-electron chi connectivity index (χ1n) is 25.1. The van der Waals surface area contributed by atoms with E-state index in [9.17, 15) is 14.4 Å². The lowest BCUT2D eigenvalue weighted by molar-refractivity contribution is -0.167. The Morgan fingerprint density at radius 2 is 0.610 bits per heavy atom. The molecule has 1 atom stereocenters. The van der Waals surface area contributed by atoms with Crippen LogP contribution >= 0.6 is 0 Å². The van der Waals surface area contributed by atoms with Gasteiger partial charge >= 0.3 is 17.9 Å². The quantitative estimate of drug-likeness (QED) is 0.0263. The van der Waals surface area contributed by atoms with Crippen molar-refractivity contribution in [2.45, 2.75) is 258 Å². The van der Waals surface area contributed by atoms with Crippen LogP contribution in [0.25, 0.3) is 0 Å². The monoisotopic (exact) mass is 827 g/mol. The highest BCUT2D eigenvalue weighted by Gasteiger charge is 2.19. The largest absolute Gasteiger partial charge is 0.462 e. The topological polar surface area (TPSA) is 78.9 Å².